The Morgan fingerprint density at radius 1 is 1.24 bits per heavy atom. The highest BCUT2D eigenvalue weighted by atomic mass is 16.4. The van der Waals surface area contributed by atoms with Crippen LogP contribution in [0.25, 0.3) is 16.6 Å². The summed E-state index contributed by atoms with van der Waals surface area (Å²) in [5.74, 6) is 0.424. The van der Waals surface area contributed by atoms with Gasteiger partial charge >= 0.3 is 5.97 Å². The van der Waals surface area contributed by atoms with E-state index in [-0.39, 0.29) is 17.6 Å². The number of aromatic carboxylic acids is 1. The summed E-state index contributed by atoms with van der Waals surface area (Å²) < 4.78 is 2.18. The van der Waals surface area contributed by atoms with Crippen LogP contribution >= 0.6 is 0 Å². The highest BCUT2D eigenvalue weighted by Crippen LogP contribution is 2.36. The number of allylic oxidation sites excluding steroid dienone is 4. The summed E-state index contributed by atoms with van der Waals surface area (Å²) in [6.07, 6.45) is 10.9. The molecule has 1 aromatic carbocycles. The number of nitrogens with one attached hydrogen (secondary N) is 1. The van der Waals surface area contributed by atoms with E-state index in [1.807, 2.05) is 18.2 Å². The summed E-state index contributed by atoms with van der Waals surface area (Å²) in [5.41, 5.74) is 4.64. The van der Waals surface area contributed by atoms with Gasteiger partial charge in [-0.2, -0.15) is 0 Å². The molecule has 7 heteroatoms. The first kappa shape index (κ1) is 22.2. The van der Waals surface area contributed by atoms with Crippen LogP contribution in [0.15, 0.2) is 48.6 Å². The molecule has 1 fully saturated rings. The van der Waals surface area contributed by atoms with Gasteiger partial charge in [-0.25, -0.2) is 14.8 Å². The lowest BCUT2D eigenvalue weighted by atomic mass is 9.80. The van der Waals surface area contributed by atoms with Gasteiger partial charge in [-0.05, 0) is 67.4 Å². The number of rotatable bonds is 7. The van der Waals surface area contributed by atoms with Gasteiger partial charge in [0.15, 0.2) is 5.82 Å². The minimum absolute atomic E-state index is 0.186. The zero-order chi connectivity index (χ0) is 23.8. The summed E-state index contributed by atoms with van der Waals surface area (Å²) >= 11 is 0. The monoisotopic (exact) mass is 458 g/mol. The zero-order valence-corrected chi connectivity index (χ0v) is 19.5. The lowest BCUT2D eigenvalue weighted by molar-refractivity contribution is 0.0684. The summed E-state index contributed by atoms with van der Waals surface area (Å²) in [7, 11) is 0. The van der Waals surface area contributed by atoms with E-state index in [4.69, 9.17) is 0 Å². The van der Waals surface area contributed by atoms with Gasteiger partial charge in [0, 0.05) is 18.3 Å². The highest BCUT2D eigenvalue weighted by molar-refractivity contribution is 5.94. The van der Waals surface area contributed by atoms with Crippen molar-refractivity contribution in [1.82, 2.24) is 14.5 Å². The quantitative estimate of drug-likeness (QED) is 0.434. The maximum absolute atomic E-state index is 11.8. The molecule has 2 aliphatic rings. The van der Waals surface area contributed by atoms with Gasteiger partial charge in [0.1, 0.15) is 11.3 Å². The van der Waals surface area contributed by atoms with E-state index in [0.717, 1.165) is 23.2 Å². The highest BCUT2D eigenvalue weighted by Gasteiger charge is 2.27. The molecule has 176 valence electrons. The van der Waals surface area contributed by atoms with Gasteiger partial charge < -0.3 is 20.1 Å². The first-order valence-corrected chi connectivity index (χ1v) is 12.0. The van der Waals surface area contributed by atoms with E-state index in [9.17, 15) is 15.0 Å². The number of benzene rings is 1. The second-order valence-corrected chi connectivity index (χ2v) is 9.60. The number of aromatic hydroxyl groups is 1. The molecule has 3 N–H and O–H groups in total. The largest absolute Gasteiger partial charge is 0.508 e. The third-order valence-electron chi connectivity index (χ3n) is 7.04. The van der Waals surface area contributed by atoms with Crippen LogP contribution in [0.3, 0.4) is 0 Å². The Bertz CT molecular complexity index is 1290. The number of anilines is 1. The van der Waals surface area contributed by atoms with Crippen molar-refractivity contribution in [2.24, 2.45) is 11.8 Å². The average molecular weight is 459 g/mol. The van der Waals surface area contributed by atoms with Crippen molar-refractivity contribution in [3.05, 3.63) is 65.6 Å². The molecule has 7 nitrogen and oxygen atoms in total. The second-order valence-electron chi connectivity index (χ2n) is 9.60. The summed E-state index contributed by atoms with van der Waals surface area (Å²) in [6.45, 7) is 4.88. The first-order chi connectivity index (χ1) is 16.4. The van der Waals surface area contributed by atoms with Crippen LogP contribution in [0.2, 0.25) is 0 Å². The molecule has 0 radical (unpaired) electrons. The topological polar surface area (TPSA) is 100 Å². The maximum Gasteiger partial charge on any atom is 0.374 e. The number of aromatic nitrogens is 3. The standard InChI is InChI=1S/C27H30N4O3/c1-16-5-3-8-20(13-16)23-14-22-24(31(23)15-18-9-11-21(32)12-10-18)25(30-26(29-22)27(33)34)28-17(2)19-6-4-7-19/h3,5,8-12,14,16-17,19,32H,4,6-7,13,15H2,1-2H3,(H,33,34)(H,28,29,30). The Morgan fingerprint density at radius 2 is 2.00 bits per heavy atom. The molecule has 0 amide bonds. The number of phenols is 1. The molecule has 1 saturated carbocycles. The fraction of sp³-hybridized carbons (Fsp3) is 0.370. The third kappa shape index (κ3) is 4.30. The molecule has 2 unspecified atom stereocenters. The van der Waals surface area contributed by atoms with Crippen LogP contribution in [-0.2, 0) is 6.54 Å². The molecule has 3 aromatic rings. The molecular formula is C27H30N4O3. The van der Waals surface area contributed by atoms with Crippen LogP contribution in [0.1, 0.15) is 61.4 Å². The molecule has 0 bridgehead atoms. The van der Waals surface area contributed by atoms with Crippen LogP contribution in [0.4, 0.5) is 5.82 Å². The Labute approximate surface area is 198 Å². The fourth-order valence-electron chi connectivity index (χ4n) is 4.88. The maximum atomic E-state index is 11.8. The third-order valence-corrected chi connectivity index (χ3v) is 7.04. The van der Waals surface area contributed by atoms with E-state index >= 15 is 0 Å². The predicted octanol–water partition coefficient (Wildman–Crippen LogP) is 5.46. The van der Waals surface area contributed by atoms with Crippen LogP contribution in [0, 0.1) is 11.8 Å². The summed E-state index contributed by atoms with van der Waals surface area (Å²) in [4.78, 5) is 20.7. The zero-order valence-electron chi connectivity index (χ0n) is 19.5. The van der Waals surface area contributed by atoms with Crippen LogP contribution in [-0.4, -0.2) is 36.8 Å². The lowest BCUT2D eigenvalue weighted by Gasteiger charge is -2.32. The number of nitrogens with zero attached hydrogens (tertiary/aromatic N) is 3. The van der Waals surface area contributed by atoms with Gasteiger partial charge in [0.25, 0.3) is 0 Å². The van der Waals surface area contributed by atoms with E-state index in [1.54, 1.807) is 12.1 Å². The summed E-state index contributed by atoms with van der Waals surface area (Å²) in [6, 6.07) is 9.34. The molecular weight excluding hydrogens is 428 g/mol. The van der Waals surface area contributed by atoms with Gasteiger partial charge in [-0.1, -0.05) is 43.7 Å². The number of hydrogen-bond acceptors (Lipinski definition) is 5. The molecule has 2 aliphatic carbocycles. The molecule has 0 spiro atoms. The van der Waals surface area contributed by atoms with Crippen molar-refractivity contribution in [2.75, 3.05) is 5.32 Å². The van der Waals surface area contributed by atoms with Gasteiger partial charge in [-0.15, -0.1) is 0 Å². The number of carbonyl (C=O) groups is 1. The molecule has 0 aliphatic heterocycles. The molecule has 2 aromatic heterocycles. The molecule has 34 heavy (non-hydrogen) atoms. The Kier molecular flexibility index (Phi) is 5.86. The number of fused-ring (bicyclic) bond motifs is 1. The average Bonchev–Trinajstić information content (AvgIpc) is 3.12. The van der Waals surface area contributed by atoms with Crippen molar-refractivity contribution >= 4 is 28.4 Å². The SMILES string of the molecule is CC1C=CC=C(c2cc3nc(C(=O)O)nc(NC(C)C4CCC4)c3n2Cc2ccc(O)cc2)C1. The van der Waals surface area contributed by atoms with Gasteiger partial charge in [0.05, 0.1) is 5.52 Å². The van der Waals surface area contributed by atoms with Crippen molar-refractivity contribution < 1.29 is 15.0 Å². The Hall–Kier alpha value is -3.61. The van der Waals surface area contributed by atoms with E-state index in [2.05, 4.69) is 51.9 Å². The number of phenolic OH excluding ortho intramolecular Hbond substituents is 1. The molecule has 0 saturated heterocycles. The van der Waals surface area contributed by atoms with Crippen molar-refractivity contribution in [2.45, 2.75) is 52.1 Å². The smallest absolute Gasteiger partial charge is 0.374 e. The number of carboxylic acid groups (broad SMARTS) is 1. The van der Waals surface area contributed by atoms with E-state index in [1.165, 1.54) is 24.8 Å². The van der Waals surface area contributed by atoms with E-state index < -0.39 is 5.97 Å². The summed E-state index contributed by atoms with van der Waals surface area (Å²) in [5, 5.41) is 23.0. The molecule has 2 atom stereocenters. The first-order valence-electron chi connectivity index (χ1n) is 12.0. The van der Waals surface area contributed by atoms with Gasteiger partial charge in [0.2, 0.25) is 5.82 Å². The normalized spacial score (nSPS) is 19.0. The Balaban J connectivity index is 1.68. The number of carboxylic acids is 1. The van der Waals surface area contributed by atoms with Crippen molar-refractivity contribution in [3.8, 4) is 5.75 Å². The van der Waals surface area contributed by atoms with Crippen LogP contribution < -0.4 is 5.32 Å². The second kappa shape index (κ2) is 8.97. The lowest BCUT2D eigenvalue weighted by Crippen LogP contribution is -2.31. The minimum Gasteiger partial charge on any atom is -0.508 e. The molecule has 2 heterocycles. The fourth-order valence-corrected chi connectivity index (χ4v) is 4.88. The minimum atomic E-state index is -1.14. The Morgan fingerprint density at radius 3 is 2.65 bits per heavy atom. The number of hydrogen-bond donors (Lipinski definition) is 3. The van der Waals surface area contributed by atoms with Crippen molar-refractivity contribution in [1.29, 1.82) is 0 Å². The van der Waals surface area contributed by atoms with Crippen molar-refractivity contribution in [3.63, 3.8) is 0 Å². The predicted molar refractivity (Wildman–Crippen MR) is 133 cm³/mol. The van der Waals surface area contributed by atoms with Gasteiger partial charge in [-0.3, -0.25) is 0 Å². The van der Waals surface area contributed by atoms with E-state index in [0.29, 0.717) is 29.7 Å². The van der Waals surface area contributed by atoms with Crippen LogP contribution in [0.5, 0.6) is 5.75 Å². The molecule has 5 rings (SSSR count).